The van der Waals surface area contributed by atoms with Crippen LogP contribution in [-0.2, 0) is 9.53 Å². The Hall–Kier alpha value is -2.11. The van der Waals surface area contributed by atoms with Crippen LogP contribution in [0.1, 0.15) is 31.4 Å². The molecule has 1 spiro atoms. The van der Waals surface area contributed by atoms with Gasteiger partial charge in [0, 0.05) is 5.69 Å². The van der Waals surface area contributed by atoms with E-state index in [1.165, 1.54) is 0 Å². The quantitative estimate of drug-likeness (QED) is 0.904. The Morgan fingerprint density at radius 1 is 1.43 bits per heavy atom. The Kier molecular flexibility index (Phi) is 3.31. The summed E-state index contributed by atoms with van der Waals surface area (Å²) in [6.07, 6.45) is 1.91. The number of aromatic nitrogens is 1. The van der Waals surface area contributed by atoms with Gasteiger partial charge in [-0.3, -0.25) is 9.69 Å². The van der Waals surface area contributed by atoms with Crippen molar-refractivity contribution in [2.75, 3.05) is 11.4 Å². The Morgan fingerprint density at radius 3 is 2.76 bits per heavy atom. The highest BCUT2D eigenvalue weighted by Crippen LogP contribution is 2.40. The first-order valence-corrected chi connectivity index (χ1v) is 7.16. The number of aliphatic carboxylic acids is 1. The molecule has 1 amide bonds. The molecule has 6 nitrogen and oxygen atoms in total. The average molecular weight is 290 g/mol. The molecule has 1 N–H and O–H groups in total. The molecule has 112 valence electrons. The normalized spacial score (nSPS) is 28.7. The van der Waals surface area contributed by atoms with Crippen LogP contribution in [0.4, 0.5) is 10.6 Å². The smallest absolute Gasteiger partial charge is 0.416 e. The molecule has 1 aromatic rings. The van der Waals surface area contributed by atoms with E-state index in [1.807, 2.05) is 19.1 Å². The number of ether oxygens (including phenoxy) is 1. The molecule has 0 unspecified atom stereocenters. The Balaban J connectivity index is 1.75. The van der Waals surface area contributed by atoms with Gasteiger partial charge in [0.2, 0.25) is 0 Å². The summed E-state index contributed by atoms with van der Waals surface area (Å²) >= 11 is 0. The summed E-state index contributed by atoms with van der Waals surface area (Å²) in [6, 6.07) is 5.52. The molecule has 2 aliphatic rings. The van der Waals surface area contributed by atoms with E-state index in [9.17, 15) is 9.59 Å². The fourth-order valence-corrected chi connectivity index (χ4v) is 3.13. The second kappa shape index (κ2) is 5.02. The summed E-state index contributed by atoms with van der Waals surface area (Å²) in [6.45, 7) is 2.33. The first-order chi connectivity index (χ1) is 9.99. The van der Waals surface area contributed by atoms with E-state index < -0.39 is 11.6 Å². The van der Waals surface area contributed by atoms with Crippen LogP contribution in [0.2, 0.25) is 0 Å². The average Bonchev–Trinajstić information content (AvgIpc) is 2.76. The summed E-state index contributed by atoms with van der Waals surface area (Å²) in [5.74, 6) is -0.482. The lowest BCUT2D eigenvalue weighted by Gasteiger charge is -2.33. The van der Waals surface area contributed by atoms with E-state index >= 15 is 0 Å². The van der Waals surface area contributed by atoms with E-state index in [0.717, 1.165) is 5.69 Å². The van der Waals surface area contributed by atoms with Gasteiger partial charge in [-0.05, 0) is 44.7 Å². The van der Waals surface area contributed by atoms with Gasteiger partial charge < -0.3 is 9.84 Å². The topological polar surface area (TPSA) is 79.7 Å². The van der Waals surface area contributed by atoms with Gasteiger partial charge in [0.05, 0.1) is 12.5 Å². The number of carbonyl (C=O) groups excluding carboxylic acids is 1. The summed E-state index contributed by atoms with van der Waals surface area (Å²) in [5, 5.41) is 9.05. The molecule has 0 aromatic carbocycles. The van der Waals surface area contributed by atoms with Crippen molar-refractivity contribution in [3.63, 3.8) is 0 Å². The fraction of sp³-hybridized carbons (Fsp3) is 0.533. The molecule has 0 atom stereocenters. The number of hydrogen-bond donors (Lipinski definition) is 1. The van der Waals surface area contributed by atoms with Crippen LogP contribution in [0.3, 0.4) is 0 Å². The Bertz CT molecular complexity index is 579. The molecule has 6 heteroatoms. The lowest BCUT2D eigenvalue weighted by atomic mass is 9.79. The van der Waals surface area contributed by atoms with Crippen LogP contribution in [0.15, 0.2) is 18.2 Å². The first-order valence-electron chi connectivity index (χ1n) is 7.16. The molecule has 0 bridgehead atoms. The summed E-state index contributed by atoms with van der Waals surface area (Å²) in [5.41, 5.74) is 0.296. The molecule has 2 fully saturated rings. The van der Waals surface area contributed by atoms with Crippen molar-refractivity contribution in [3.05, 3.63) is 23.9 Å². The van der Waals surface area contributed by atoms with Crippen molar-refractivity contribution in [2.45, 2.75) is 38.2 Å². The zero-order chi connectivity index (χ0) is 15.0. The van der Waals surface area contributed by atoms with Gasteiger partial charge in [-0.25, -0.2) is 9.78 Å². The third-order valence-electron chi connectivity index (χ3n) is 4.37. The van der Waals surface area contributed by atoms with Crippen molar-refractivity contribution in [3.8, 4) is 0 Å². The minimum Gasteiger partial charge on any atom is -0.481 e. The monoisotopic (exact) mass is 290 g/mol. The van der Waals surface area contributed by atoms with Crippen LogP contribution in [-0.4, -0.2) is 34.3 Å². The zero-order valence-electron chi connectivity index (χ0n) is 11.9. The number of amides is 1. The number of carboxylic acids is 1. The largest absolute Gasteiger partial charge is 0.481 e. The number of nitrogens with zero attached hydrogens (tertiary/aromatic N) is 2. The second-order valence-electron chi connectivity index (χ2n) is 5.89. The molecule has 1 saturated carbocycles. The van der Waals surface area contributed by atoms with E-state index in [0.29, 0.717) is 38.0 Å². The highest BCUT2D eigenvalue weighted by Gasteiger charge is 2.48. The third kappa shape index (κ3) is 2.57. The number of rotatable bonds is 2. The second-order valence-corrected chi connectivity index (χ2v) is 5.89. The van der Waals surface area contributed by atoms with E-state index in [2.05, 4.69) is 4.98 Å². The number of hydrogen-bond acceptors (Lipinski definition) is 4. The SMILES string of the molecule is Cc1cccc(N2CC3(CCC(C(=O)O)CC3)OC2=O)n1. The van der Waals surface area contributed by atoms with Crippen LogP contribution in [0.5, 0.6) is 0 Å². The minimum atomic E-state index is -0.758. The van der Waals surface area contributed by atoms with Crippen LogP contribution in [0.25, 0.3) is 0 Å². The van der Waals surface area contributed by atoms with Crippen molar-refractivity contribution in [2.24, 2.45) is 5.92 Å². The van der Waals surface area contributed by atoms with Gasteiger partial charge in [-0.1, -0.05) is 6.07 Å². The third-order valence-corrected chi connectivity index (χ3v) is 4.37. The van der Waals surface area contributed by atoms with Gasteiger partial charge in [0.25, 0.3) is 0 Å². The van der Waals surface area contributed by atoms with Gasteiger partial charge in [0.15, 0.2) is 0 Å². The summed E-state index contributed by atoms with van der Waals surface area (Å²) in [4.78, 5) is 29.0. The molecule has 1 aromatic heterocycles. The lowest BCUT2D eigenvalue weighted by Crippen LogP contribution is -2.40. The van der Waals surface area contributed by atoms with Crippen molar-refractivity contribution in [1.82, 2.24) is 4.98 Å². The van der Waals surface area contributed by atoms with Gasteiger partial charge in [-0.2, -0.15) is 0 Å². The van der Waals surface area contributed by atoms with Gasteiger partial charge >= 0.3 is 12.1 Å². The van der Waals surface area contributed by atoms with Crippen LogP contribution < -0.4 is 4.90 Å². The van der Waals surface area contributed by atoms with E-state index in [4.69, 9.17) is 9.84 Å². The Labute approximate surface area is 122 Å². The zero-order valence-corrected chi connectivity index (χ0v) is 11.9. The molecule has 1 saturated heterocycles. The fourth-order valence-electron chi connectivity index (χ4n) is 3.13. The number of carbonyl (C=O) groups is 2. The van der Waals surface area contributed by atoms with Crippen molar-refractivity contribution < 1.29 is 19.4 Å². The van der Waals surface area contributed by atoms with Crippen LogP contribution in [0, 0.1) is 12.8 Å². The van der Waals surface area contributed by atoms with Crippen LogP contribution >= 0.6 is 0 Å². The van der Waals surface area contributed by atoms with Gasteiger partial charge in [-0.15, -0.1) is 0 Å². The summed E-state index contributed by atoms with van der Waals surface area (Å²) in [7, 11) is 0. The molecule has 21 heavy (non-hydrogen) atoms. The van der Waals surface area contributed by atoms with E-state index in [1.54, 1.807) is 11.0 Å². The minimum absolute atomic E-state index is 0.319. The Morgan fingerprint density at radius 2 is 2.14 bits per heavy atom. The van der Waals surface area contributed by atoms with Crippen molar-refractivity contribution >= 4 is 17.9 Å². The lowest BCUT2D eigenvalue weighted by molar-refractivity contribution is -0.144. The molecular formula is C15H18N2O4. The molecule has 0 radical (unpaired) electrons. The van der Waals surface area contributed by atoms with Crippen molar-refractivity contribution in [1.29, 1.82) is 0 Å². The number of aryl methyl sites for hydroxylation is 1. The number of carboxylic acid groups (broad SMARTS) is 1. The maximum absolute atomic E-state index is 12.1. The maximum Gasteiger partial charge on any atom is 0.416 e. The molecule has 1 aliphatic heterocycles. The highest BCUT2D eigenvalue weighted by molar-refractivity contribution is 5.89. The summed E-state index contributed by atoms with van der Waals surface area (Å²) < 4.78 is 5.58. The standard InChI is InChI=1S/C15H18N2O4/c1-10-3-2-4-12(16-10)17-9-15(21-14(17)20)7-5-11(6-8-15)13(18)19/h2-4,11H,5-9H2,1H3,(H,18,19). The molecule has 3 rings (SSSR count). The predicted molar refractivity (Wildman–Crippen MR) is 75.1 cm³/mol. The predicted octanol–water partition coefficient (Wildman–Crippen LogP) is 2.36. The van der Waals surface area contributed by atoms with E-state index in [-0.39, 0.29) is 12.0 Å². The molecule has 1 aliphatic carbocycles. The molecule has 2 heterocycles. The maximum atomic E-state index is 12.1. The first kappa shape index (κ1) is 13.9. The number of anilines is 1. The molecular weight excluding hydrogens is 272 g/mol. The highest BCUT2D eigenvalue weighted by atomic mass is 16.6. The number of pyridine rings is 1. The van der Waals surface area contributed by atoms with Gasteiger partial charge in [0.1, 0.15) is 11.4 Å².